The summed E-state index contributed by atoms with van der Waals surface area (Å²) in [7, 11) is 0. The topological polar surface area (TPSA) is 61.6 Å². The summed E-state index contributed by atoms with van der Waals surface area (Å²) in [5.74, 6) is 0.585. The van der Waals surface area contributed by atoms with E-state index >= 15 is 0 Å². The summed E-state index contributed by atoms with van der Waals surface area (Å²) in [6.07, 6.45) is 0. The first-order valence-corrected chi connectivity index (χ1v) is 6.15. The number of pyridine rings is 1. The number of hydrogen-bond donors (Lipinski definition) is 1. The van der Waals surface area contributed by atoms with Crippen LogP contribution >= 0.6 is 22.9 Å². The molecular formula is C11H9ClN4S. The molecule has 0 radical (unpaired) electrons. The third kappa shape index (κ3) is 3.16. The van der Waals surface area contributed by atoms with Gasteiger partial charge in [-0.05, 0) is 19.1 Å². The highest BCUT2D eigenvalue weighted by atomic mass is 35.5. The van der Waals surface area contributed by atoms with Gasteiger partial charge in [0.2, 0.25) is 0 Å². The maximum Gasteiger partial charge on any atom is 0.132 e. The average Bonchev–Trinajstić information content (AvgIpc) is 2.72. The van der Waals surface area contributed by atoms with Crippen molar-refractivity contribution in [3.8, 4) is 6.07 Å². The Morgan fingerprint density at radius 2 is 2.29 bits per heavy atom. The van der Waals surface area contributed by atoms with Crippen LogP contribution in [0.15, 0.2) is 17.5 Å². The Hall–Kier alpha value is -1.64. The molecule has 0 aliphatic rings. The minimum absolute atomic E-state index is 0.307. The second-order valence-corrected chi connectivity index (χ2v) is 4.74. The highest BCUT2D eigenvalue weighted by Gasteiger charge is 2.02. The van der Waals surface area contributed by atoms with Gasteiger partial charge in [-0.25, -0.2) is 9.97 Å². The number of hydrogen-bond acceptors (Lipinski definition) is 5. The Labute approximate surface area is 108 Å². The lowest BCUT2D eigenvalue weighted by Gasteiger charge is -2.04. The molecule has 0 aromatic carbocycles. The first-order chi connectivity index (χ1) is 8.17. The molecule has 2 rings (SSSR count). The Morgan fingerprint density at radius 1 is 1.47 bits per heavy atom. The molecule has 1 N–H and O–H groups in total. The van der Waals surface area contributed by atoms with Crippen LogP contribution in [-0.2, 0) is 6.54 Å². The molecule has 2 aromatic rings. The molecule has 0 saturated heterocycles. The number of aromatic nitrogens is 2. The number of rotatable bonds is 3. The van der Waals surface area contributed by atoms with Crippen LogP contribution in [0, 0.1) is 18.3 Å². The van der Waals surface area contributed by atoms with Crippen LogP contribution in [0.1, 0.15) is 16.3 Å². The van der Waals surface area contributed by atoms with Crippen molar-refractivity contribution >= 4 is 28.8 Å². The molecule has 0 fully saturated rings. The van der Waals surface area contributed by atoms with Gasteiger partial charge in [-0.1, -0.05) is 11.6 Å². The average molecular weight is 265 g/mol. The largest absolute Gasteiger partial charge is 0.363 e. The Bertz CT molecular complexity index is 573. The van der Waals surface area contributed by atoms with Crippen molar-refractivity contribution in [2.75, 3.05) is 5.32 Å². The van der Waals surface area contributed by atoms with Gasteiger partial charge in [0.05, 0.1) is 18.2 Å². The number of anilines is 1. The lowest BCUT2D eigenvalue weighted by Crippen LogP contribution is -2.01. The van der Waals surface area contributed by atoms with E-state index in [0.717, 1.165) is 10.7 Å². The Morgan fingerprint density at radius 3 is 2.94 bits per heavy atom. The molecule has 17 heavy (non-hydrogen) atoms. The molecule has 0 spiro atoms. The number of thiazole rings is 1. The van der Waals surface area contributed by atoms with Crippen LogP contribution in [0.5, 0.6) is 0 Å². The molecule has 4 nitrogen and oxygen atoms in total. The summed E-state index contributed by atoms with van der Waals surface area (Å²) in [6.45, 7) is 2.53. The first kappa shape index (κ1) is 11.8. The fourth-order valence-electron chi connectivity index (χ4n) is 1.30. The smallest absolute Gasteiger partial charge is 0.132 e. The van der Waals surface area contributed by atoms with Crippen molar-refractivity contribution in [3.05, 3.63) is 38.9 Å². The SMILES string of the molecule is Cc1csc(CNc2cc(C#N)cc(Cl)n2)n1. The maximum absolute atomic E-state index is 8.80. The van der Waals surface area contributed by atoms with Crippen LogP contribution in [0.3, 0.4) is 0 Å². The summed E-state index contributed by atoms with van der Waals surface area (Å²) in [6, 6.07) is 5.22. The number of nitrogens with one attached hydrogen (secondary N) is 1. The zero-order valence-electron chi connectivity index (χ0n) is 9.07. The predicted octanol–water partition coefficient (Wildman–Crippen LogP) is 2.98. The molecule has 0 saturated carbocycles. The quantitative estimate of drug-likeness (QED) is 0.866. The number of aryl methyl sites for hydroxylation is 1. The van der Waals surface area contributed by atoms with E-state index in [9.17, 15) is 0 Å². The van der Waals surface area contributed by atoms with E-state index in [1.54, 1.807) is 17.4 Å². The van der Waals surface area contributed by atoms with E-state index in [1.807, 2.05) is 18.4 Å². The van der Waals surface area contributed by atoms with E-state index in [0.29, 0.717) is 23.1 Å². The number of nitrogens with zero attached hydrogens (tertiary/aromatic N) is 3. The molecule has 0 unspecified atom stereocenters. The molecule has 2 heterocycles. The van der Waals surface area contributed by atoms with Crippen LogP contribution in [0.2, 0.25) is 5.15 Å². The third-order valence-electron chi connectivity index (χ3n) is 2.01. The molecule has 6 heteroatoms. The zero-order valence-corrected chi connectivity index (χ0v) is 10.6. The van der Waals surface area contributed by atoms with Crippen LogP contribution < -0.4 is 5.32 Å². The summed E-state index contributed by atoms with van der Waals surface area (Å²) in [4.78, 5) is 8.40. The van der Waals surface area contributed by atoms with Gasteiger partial charge < -0.3 is 5.32 Å². The van der Waals surface area contributed by atoms with E-state index in [-0.39, 0.29) is 0 Å². The van der Waals surface area contributed by atoms with Crippen molar-refractivity contribution in [1.82, 2.24) is 9.97 Å². The fourth-order valence-corrected chi connectivity index (χ4v) is 2.22. The van der Waals surface area contributed by atoms with Gasteiger partial charge in [-0.3, -0.25) is 0 Å². The minimum Gasteiger partial charge on any atom is -0.363 e. The summed E-state index contributed by atoms with van der Waals surface area (Å²) < 4.78 is 0. The predicted molar refractivity (Wildman–Crippen MR) is 68.1 cm³/mol. The van der Waals surface area contributed by atoms with Crippen molar-refractivity contribution in [2.24, 2.45) is 0 Å². The number of nitriles is 1. The van der Waals surface area contributed by atoms with Crippen LogP contribution in [0.25, 0.3) is 0 Å². The van der Waals surface area contributed by atoms with Crippen LogP contribution in [-0.4, -0.2) is 9.97 Å². The fraction of sp³-hybridized carbons (Fsp3) is 0.182. The summed E-state index contributed by atoms with van der Waals surface area (Å²) >= 11 is 7.38. The molecule has 2 aromatic heterocycles. The van der Waals surface area contributed by atoms with Crippen molar-refractivity contribution in [2.45, 2.75) is 13.5 Å². The summed E-state index contributed by atoms with van der Waals surface area (Å²) in [5, 5.41) is 15.2. The van der Waals surface area contributed by atoms with Crippen molar-refractivity contribution in [1.29, 1.82) is 5.26 Å². The van der Waals surface area contributed by atoms with E-state index in [1.165, 1.54) is 6.07 Å². The van der Waals surface area contributed by atoms with Gasteiger partial charge >= 0.3 is 0 Å². The monoisotopic (exact) mass is 264 g/mol. The zero-order chi connectivity index (χ0) is 12.3. The molecule has 0 amide bonds. The second-order valence-electron chi connectivity index (χ2n) is 3.41. The van der Waals surface area contributed by atoms with Crippen LogP contribution in [0.4, 0.5) is 5.82 Å². The normalized spacial score (nSPS) is 9.94. The van der Waals surface area contributed by atoms with E-state index in [4.69, 9.17) is 16.9 Å². The molecule has 0 aliphatic heterocycles. The van der Waals surface area contributed by atoms with Gasteiger partial charge in [0.15, 0.2) is 0 Å². The van der Waals surface area contributed by atoms with Gasteiger partial charge in [-0.2, -0.15) is 5.26 Å². The van der Waals surface area contributed by atoms with Gasteiger partial charge in [0, 0.05) is 11.1 Å². The van der Waals surface area contributed by atoms with E-state index in [2.05, 4.69) is 15.3 Å². The molecular weight excluding hydrogens is 256 g/mol. The molecule has 0 atom stereocenters. The minimum atomic E-state index is 0.307. The third-order valence-corrected chi connectivity index (χ3v) is 3.17. The van der Waals surface area contributed by atoms with Gasteiger partial charge in [0.1, 0.15) is 16.0 Å². The standard InChI is InChI=1S/C11H9ClN4S/c1-7-6-17-11(15-7)5-14-10-3-8(4-13)2-9(12)16-10/h2-3,6H,5H2,1H3,(H,14,16). The van der Waals surface area contributed by atoms with Gasteiger partial charge in [0.25, 0.3) is 0 Å². The molecule has 86 valence electrons. The highest BCUT2D eigenvalue weighted by molar-refractivity contribution is 7.09. The Kier molecular flexibility index (Phi) is 3.57. The van der Waals surface area contributed by atoms with Crippen molar-refractivity contribution < 1.29 is 0 Å². The Balaban J connectivity index is 2.09. The van der Waals surface area contributed by atoms with E-state index < -0.39 is 0 Å². The molecule has 0 aliphatic carbocycles. The lowest BCUT2D eigenvalue weighted by molar-refractivity contribution is 1.06. The van der Waals surface area contributed by atoms with Gasteiger partial charge in [-0.15, -0.1) is 11.3 Å². The molecule has 0 bridgehead atoms. The van der Waals surface area contributed by atoms with Crippen molar-refractivity contribution in [3.63, 3.8) is 0 Å². The first-order valence-electron chi connectivity index (χ1n) is 4.90. The maximum atomic E-state index is 8.80. The second kappa shape index (κ2) is 5.13. The summed E-state index contributed by atoms with van der Waals surface area (Å²) in [5.41, 5.74) is 1.49. The lowest BCUT2D eigenvalue weighted by atomic mass is 10.3. The highest BCUT2D eigenvalue weighted by Crippen LogP contribution is 2.15. The number of halogens is 1.